The first-order valence-electron chi connectivity index (χ1n) is 22.5. The number of methoxy groups -OCH3 is 1. The smallest absolute Gasteiger partial charge is 0.315 e. The summed E-state index contributed by atoms with van der Waals surface area (Å²) in [6.07, 6.45) is 7.11. The lowest BCUT2D eigenvalue weighted by Gasteiger charge is -2.23. The molecular weight excluding hydrogens is 866 g/mol. The highest BCUT2D eigenvalue weighted by atomic mass is 35.5. The van der Waals surface area contributed by atoms with Gasteiger partial charge in [0.1, 0.15) is 17.6 Å². The van der Waals surface area contributed by atoms with Gasteiger partial charge in [0.15, 0.2) is 5.82 Å². The predicted molar refractivity (Wildman–Crippen MR) is 260 cm³/mol. The van der Waals surface area contributed by atoms with Crippen LogP contribution in [0.2, 0.25) is 5.02 Å². The second-order valence-corrected chi connectivity index (χ2v) is 17.3. The molecule has 3 atom stereocenters. The molecule has 0 fully saturated rings. The van der Waals surface area contributed by atoms with Gasteiger partial charge in [-0.25, -0.2) is 4.79 Å². The zero-order valence-electron chi connectivity index (χ0n) is 38.2. The first-order valence-corrected chi connectivity index (χ1v) is 22.9. The van der Waals surface area contributed by atoms with Gasteiger partial charge < -0.3 is 31.3 Å². The van der Waals surface area contributed by atoms with E-state index in [0.717, 1.165) is 51.1 Å². The molecule has 1 aliphatic heterocycles. The average molecular weight is 921 g/mol. The maximum atomic E-state index is 14.0. The van der Waals surface area contributed by atoms with E-state index in [0.29, 0.717) is 28.1 Å². The molecule has 5 N–H and O–H groups in total. The third-order valence-corrected chi connectivity index (χ3v) is 12.6. The van der Waals surface area contributed by atoms with Crippen LogP contribution in [0.5, 0.6) is 5.75 Å². The highest BCUT2D eigenvalue weighted by Crippen LogP contribution is 2.48. The molecule has 15 heteroatoms. The molecule has 1 aromatic heterocycles. The molecule has 0 saturated carbocycles. The van der Waals surface area contributed by atoms with Crippen molar-refractivity contribution < 1.29 is 23.9 Å². The van der Waals surface area contributed by atoms with E-state index in [1.165, 1.54) is 16.7 Å². The van der Waals surface area contributed by atoms with E-state index in [2.05, 4.69) is 118 Å². The summed E-state index contributed by atoms with van der Waals surface area (Å²) in [5.41, 5.74) is 12.0. The van der Waals surface area contributed by atoms with Crippen molar-refractivity contribution in [1.82, 2.24) is 41.3 Å². The van der Waals surface area contributed by atoms with Crippen molar-refractivity contribution in [2.45, 2.75) is 52.5 Å². The number of fused-ring (bicyclic) bond motifs is 6. The molecule has 3 aliphatic rings. The fourth-order valence-electron chi connectivity index (χ4n) is 8.85. The van der Waals surface area contributed by atoms with Gasteiger partial charge in [0, 0.05) is 48.2 Å². The van der Waals surface area contributed by atoms with Gasteiger partial charge in [-0.15, -0.1) is 10.2 Å². The first-order chi connectivity index (χ1) is 32.4. The highest BCUT2D eigenvalue weighted by Gasteiger charge is 2.36. The molecule has 2 aliphatic carbocycles. The van der Waals surface area contributed by atoms with Crippen molar-refractivity contribution >= 4 is 46.6 Å². The van der Waals surface area contributed by atoms with Gasteiger partial charge >= 0.3 is 6.03 Å². The number of halogens is 1. The molecule has 1 unspecified atom stereocenters. The number of hydrogen-bond donors (Lipinski definition) is 5. The molecule has 14 nitrogen and oxygen atoms in total. The van der Waals surface area contributed by atoms with Crippen LogP contribution >= 0.6 is 11.6 Å². The number of amides is 5. The van der Waals surface area contributed by atoms with E-state index in [4.69, 9.17) is 21.3 Å². The number of allylic oxidation sites excluding steroid dienone is 3. The van der Waals surface area contributed by atoms with Gasteiger partial charge in [-0.2, -0.15) is 0 Å². The predicted octanol–water partition coefficient (Wildman–Crippen LogP) is 6.77. The Morgan fingerprint density at radius 1 is 0.746 bits per heavy atom. The summed E-state index contributed by atoms with van der Waals surface area (Å²) in [5, 5.41) is 23.2. The Morgan fingerprint density at radius 2 is 1.46 bits per heavy atom. The van der Waals surface area contributed by atoms with E-state index in [9.17, 15) is 19.2 Å². The number of hydrogen-bond acceptors (Lipinski definition) is 8. The number of rotatable bonds is 15. The summed E-state index contributed by atoms with van der Waals surface area (Å²) in [4.78, 5) is 57.7. The van der Waals surface area contributed by atoms with Crippen LogP contribution in [-0.4, -0.2) is 84.1 Å². The van der Waals surface area contributed by atoms with E-state index < -0.39 is 23.9 Å². The number of benzene rings is 4. The number of urea groups is 1. The van der Waals surface area contributed by atoms with Crippen molar-refractivity contribution in [3.8, 4) is 11.4 Å². The number of ether oxygens (including phenoxy) is 1. The molecule has 5 amide bonds. The molecule has 5 aromatic rings. The van der Waals surface area contributed by atoms with Crippen molar-refractivity contribution in [1.29, 1.82) is 0 Å². The molecule has 0 radical (unpaired) electrons. The molecule has 0 saturated heterocycles. The van der Waals surface area contributed by atoms with E-state index in [-0.39, 0.29) is 56.9 Å². The largest absolute Gasteiger partial charge is 0.497 e. The maximum absolute atomic E-state index is 14.0. The van der Waals surface area contributed by atoms with Gasteiger partial charge in [0.2, 0.25) is 17.7 Å². The number of carbonyl (C=O) groups excluding carboxylic acids is 4. The van der Waals surface area contributed by atoms with Crippen molar-refractivity contribution in [3.63, 3.8) is 0 Å². The summed E-state index contributed by atoms with van der Waals surface area (Å²) in [7, 11) is 1.60. The van der Waals surface area contributed by atoms with Crippen molar-refractivity contribution in [3.05, 3.63) is 170 Å². The van der Waals surface area contributed by atoms with Crippen LogP contribution in [0.4, 0.5) is 4.79 Å². The van der Waals surface area contributed by atoms with Gasteiger partial charge in [0.05, 0.1) is 37.4 Å². The minimum absolute atomic E-state index is 0.0174. The Balaban J connectivity index is 0.811. The maximum Gasteiger partial charge on any atom is 0.315 e. The summed E-state index contributed by atoms with van der Waals surface area (Å²) >= 11 is 6.22. The Labute approximate surface area is 395 Å². The monoisotopic (exact) mass is 919 g/mol. The minimum Gasteiger partial charge on any atom is -0.497 e. The average Bonchev–Trinajstić information content (AvgIpc) is 3.83. The number of aromatic nitrogens is 3. The van der Waals surface area contributed by atoms with E-state index >= 15 is 0 Å². The summed E-state index contributed by atoms with van der Waals surface area (Å²) in [6.45, 7) is 8.48. The third-order valence-electron chi connectivity index (χ3n) is 12.3. The van der Waals surface area contributed by atoms with E-state index in [1.54, 1.807) is 19.2 Å². The van der Waals surface area contributed by atoms with Crippen LogP contribution in [0.3, 0.4) is 0 Å². The molecule has 344 valence electrons. The van der Waals surface area contributed by atoms with Gasteiger partial charge in [0.25, 0.3) is 0 Å². The minimum atomic E-state index is -0.688. The topological polar surface area (TPSA) is 181 Å². The Bertz CT molecular complexity index is 2840. The molecule has 8 rings (SSSR count). The second kappa shape index (κ2) is 20.5. The fraction of sp³-hybridized carbons (Fsp3) is 0.288. The number of aryl methyl sites for hydroxylation is 3. The van der Waals surface area contributed by atoms with Crippen LogP contribution in [0.25, 0.3) is 11.3 Å². The number of carbonyl (C=O) groups is 4. The van der Waals surface area contributed by atoms with Crippen LogP contribution in [0.15, 0.2) is 119 Å². The number of aliphatic imine (C=N–C) groups is 1. The molecule has 4 aromatic carbocycles. The Kier molecular flexibility index (Phi) is 14.1. The van der Waals surface area contributed by atoms with Crippen LogP contribution in [-0.2, 0) is 20.8 Å². The normalized spacial score (nSPS) is 16.8. The molecular formula is C52H54ClN9O5. The van der Waals surface area contributed by atoms with Gasteiger partial charge in [-0.05, 0) is 90.9 Å². The molecule has 0 bridgehead atoms. The number of nitrogens with zero attached hydrogens (tertiary/aromatic N) is 4. The third kappa shape index (κ3) is 10.2. The summed E-state index contributed by atoms with van der Waals surface area (Å²) < 4.78 is 7.45. The zero-order valence-corrected chi connectivity index (χ0v) is 39.0. The van der Waals surface area contributed by atoms with Crippen LogP contribution in [0, 0.1) is 19.8 Å². The zero-order chi connectivity index (χ0) is 47.2. The lowest BCUT2D eigenvalue weighted by Crippen LogP contribution is -2.45. The van der Waals surface area contributed by atoms with Crippen molar-refractivity contribution in [2.24, 2.45) is 10.9 Å². The molecule has 2 heterocycles. The van der Waals surface area contributed by atoms with Crippen molar-refractivity contribution in [2.75, 3.05) is 39.8 Å². The Morgan fingerprint density at radius 3 is 2.21 bits per heavy atom. The Hall–Kier alpha value is -7.32. The lowest BCUT2D eigenvalue weighted by molar-refractivity contribution is -0.123. The molecule has 67 heavy (non-hydrogen) atoms. The fourth-order valence-corrected chi connectivity index (χ4v) is 8.98. The summed E-state index contributed by atoms with van der Waals surface area (Å²) in [6, 6.07) is 26.8. The highest BCUT2D eigenvalue weighted by molar-refractivity contribution is 6.30. The van der Waals surface area contributed by atoms with Crippen LogP contribution in [0.1, 0.15) is 82.8 Å². The van der Waals surface area contributed by atoms with E-state index in [1.807, 2.05) is 41.8 Å². The van der Waals surface area contributed by atoms with Crippen LogP contribution < -0.4 is 31.3 Å². The quantitative estimate of drug-likeness (QED) is 0.0719. The van der Waals surface area contributed by atoms with Gasteiger partial charge in [-0.1, -0.05) is 102 Å². The lowest BCUT2D eigenvalue weighted by atomic mass is 9.81. The molecule has 0 spiro atoms. The second-order valence-electron chi connectivity index (χ2n) is 16.8. The number of nitrogens with one attached hydrogen (secondary N) is 5. The standard InChI is InChI=1S/C52H54ClN9O5/c1-6-33-10-19-38-41(25-33)40(34-11-7-30(2)8-12-34)27-42(39-18-9-31(3)48(38)39)51(65)56-23-24-57-52(66)58-29-47(64)55-22-21-54-46(63)28-44-50-61-60-32(4)62(50)45-20-17-37(67-5)26-43(45)49(59-44)35-13-15-36(53)16-14-35/h7-20,25-27,42,44,48H,6,21-24,28-29H2,1-5H3,(H,54,63)(H,55,64)(H,56,65)(H2,57,58,66)/t42-,44+,48?/m1/s1. The van der Waals surface area contributed by atoms with Gasteiger partial charge in [-0.3, -0.25) is 23.9 Å². The SMILES string of the molecule is CCc1ccc2c(c1)C(c1ccc(C)cc1)=C[C@@H](C(=O)NCCNC(=O)NCC(=O)NCCNC(=O)C[C@@H]1N=C(c3ccc(Cl)cc3)c3cc(OC)ccc3-n3c(C)nnc31)C1=CC=C(C)C12. The first kappa shape index (κ1) is 46.2. The summed E-state index contributed by atoms with van der Waals surface area (Å²) in [5.74, 6) is 0.352.